The van der Waals surface area contributed by atoms with E-state index in [2.05, 4.69) is 17.2 Å². The van der Waals surface area contributed by atoms with Crippen LogP contribution in [0.3, 0.4) is 0 Å². The normalized spacial score (nSPS) is 17.1. The number of pyridine rings is 1. The van der Waals surface area contributed by atoms with Crippen LogP contribution in [0.4, 0.5) is 0 Å². The van der Waals surface area contributed by atoms with Crippen molar-refractivity contribution in [1.82, 2.24) is 15.2 Å². The highest BCUT2D eigenvalue weighted by atomic mass is 16.2. The molecule has 0 spiro atoms. The molecular weight excluding hydrogens is 326 g/mol. The first kappa shape index (κ1) is 18.3. The summed E-state index contributed by atoms with van der Waals surface area (Å²) in [6.45, 7) is 4.22. The monoisotopic (exact) mass is 351 g/mol. The molecule has 1 aromatic carbocycles. The van der Waals surface area contributed by atoms with Gasteiger partial charge in [0.25, 0.3) is 0 Å². The van der Waals surface area contributed by atoms with Crippen LogP contribution in [0.2, 0.25) is 0 Å². The van der Waals surface area contributed by atoms with Crippen LogP contribution < -0.4 is 5.32 Å². The predicted molar refractivity (Wildman–Crippen MR) is 101 cm³/mol. The van der Waals surface area contributed by atoms with Crippen molar-refractivity contribution < 1.29 is 9.59 Å². The van der Waals surface area contributed by atoms with Crippen LogP contribution in [-0.2, 0) is 11.2 Å². The molecule has 0 saturated carbocycles. The van der Waals surface area contributed by atoms with Gasteiger partial charge in [-0.25, -0.2) is 0 Å². The molecular formula is C21H25N3O2. The molecule has 2 heterocycles. The van der Waals surface area contributed by atoms with E-state index in [-0.39, 0.29) is 30.6 Å². The molecule has 136 valence electrons. The molecule has 26 heavy (non-hydrogen) atoms. The molecule has 0 bridgehead atoms. The van der Waals surface area contributed by atoms with Gasteiger partial charge in [-0.1, -0.05) is 37.3 Å². The number of benzene rings is 1. The van der Waals surface area contributed by atoms with Gasteiger partial charge in [0.2, 0.25) is 5.91 Å². The molecule has 5 nitrogen and oxygen atoms in total. The average Bonchev–Trinajstić information content (AvgIpc) is 2.72. The first-order valence-electron chi connectivity index (χ1n) is 9.21. The topological polar surface area (TPSA) is 62.3 Å². The second-order valence-corrected chi connectivity index (χ2v) is 6.57. The van der Waals surface area contributed by atoms with Gasteiger partial charge in [-0.3, -0.25) is 14.6 Å². The molecule has 2 aromatic rings. The van der Waals surface area contributed by atoms with E-state index in [0.717, 1.165) is 18.5 Å². The zero-order valence-electron chi connectivity index (χ0n) is 15.1. The Balaban J connectivity index is 1.61. The second-order valence-electron chi connectivity index (χ2n) is 6.57. The summed E-state index contributed by atoms with van der Waals surface area (Å²) < 4.78 is 0. The van der Waals surface area contributed by atoms with E-state index in [1.165, 1.54) is 5.56 Å². The molecule has 3 rings (SSSR count). The Hall–Kier alpha value is -2.53. The quantitative estimate of drug-likeness (QED) is 0.813. The van der Waals surface area contributed by atoms with Gasteiger partial charge < -0.3 is 10.2 Å². The number of ketones is 1. The fourth-order valence-electron chi connectivity index (χ4n) is 3.31. The number of aromatic nitrogens is 1. The summed E-state index contributed by atoms with van der Waals surface area (Å²) >= 11 is 0. The summed E-state index contributed by atoms with van der Waals surface area (Å²) in [5.74, 6) is 0.0490. The SMILES string of the molecule is CCc1ccc(C(=O)CCC(=O)N2CCNCC2c2cccnc2)cc1. The van der Waals surface area contributed by atoms with E-state index in [1.54, 1.807) is 12.4 Å². The molecule has 1 fully saturated rings. The van der Waals surface area contributed by atoms with E-state index in [9.17, 15) is 9.59 Å². The second kappa shape index (κ2) is 8.72. The fourth-order valence-corrected chi connectivity index (χ4v) is 3.31. The van der Waals surface area contributed by atoms with Gasteiger partial charge >= 0.3 is 0 Å². The number of carbonyl (C=O) groups is 2. The minimum absolute atomic E-state index is 0.0223. The molecule has 1 saturated heterocycles. The summed E-state index contributed by atoms with van der Waals surface area (Å²) in [7, 11) is 0. The van der Waals surface area contributed by atoms with Crippen molar-refractivity contribution in [2.75, 3.05) is 19.6 Å². The Kier molecular flexibility index (Phi) is 6.12. The molecule has 1 unspecified atom stereocenters. The van der Waals surface area contributed by atoms with Crippen molar-refractivity contribution in [3.05, 3.63) is 65.5 Å². The third-order valence-corrected chi connectivity index (χ3v) is 4.88. The lowest BCUT2D eigenvalue weighted by atomic mass is 10.0. The highest BCUT2D eigenvalue weighted by Gasteiger charge is 2.28. The number of piperazine rings is 1. The van der Waals surface area contributed by atoms with Crippen LogP contribution in [0.5, 0.6) is 0 Å². The summed E-state index contributed by atoms with van der Waals surface area (Å²) in [6, 6.07) is 11.5. The van der Waals surface area contributed by atoms with Crippen LogP contribution in [0, 0.1) is 0 Å². The number of hydrogen-bond donors (Lipinski definition) is 1. The molecule has 0 aliphatic carbocycles. The van der Waals surface area contributed by atoms with Crippen LogP contribution in [0.25, 0.3) is 0 Å². The highest BCUT2D eigenvalue weighted by molar-refractivity contribution is 5.98. The van der Waals surface area contributed by atoms with Gasteiger partial charge in [0.1, 0.15) is 0 Å². The summed E-state index contributed by atoms with van der Waals surface area (Å²) in [4.78, 5) is 31.2. The largest absolute Gasteiger partial charge is 0.333 e. The van der Waals surface area contributed by atoms with Gasteiger partial charge in [0, 0.05) is 50.4 Å². The van der Waals surface area contributed by atoms with Crippen molar-refractivity contribution in [3.63, 3.8) is 0 Å². The predicted octanol–water partition coefficient (Wildman–Crippen LogP) is 2.78. The smallest absolute Gasteiger partial charge is 0.223 e. The lowest BCUT2D eigenvalue weighted by Crippen LogP contribution is -2.48. The van der Waals surface area contributed by atoms with Gasteiger partial charge in [-0.05, 0) is 23.6 Å². The third-order valence-electron chi connectivity index (χ3n) is 4.88. The lowest BCUT2D eigenvalue weighted by molar-refractivity contribution is -0.134. The van der Waals surface area contributed by atoms with Crippen LogP contribution in [-0.4, -0.2) is 41.2 Å². The maximum absolute atomic E-state index is 12.7. The van der Waals surface area contributed by atoms with Crippen LogP contribution in [0.1, 0.15) is 47.3 Å². The molecule has 1 aliphatic rings. The Morgan fingerprint density at radius 2 is 2.00 bits per heavy atom. The Morgan fingerprint density at radius 3 is 2.69 bits per heavy atom. The standard InChI is InChI=1S/C21H25N3O2/c1-2-16-5-7-17(8-6-16)20(25)9-10-21(26)24-13-12-23-15-19(24)18-4-3-11-22-14-18/h3-8,11,14,19,23H,2,9-10,12-13,15H2,1H3. The summed E-state index contributed by atoms with van der Waals surface area (Å²) in [6.07, 6.45) is 4.97. The van der Waals surface area contributed by atoms with Gasteiger partial charge in [0.05, 0.1) is 6.04 Å². The number of nitrogens with zero attached hydrogens (tertiary/aromatic N) is 2. The number of amides is 1. The number of hydrogen-bond acceptors (Lipinski definition) is 4. The minimum atomic E-state index is -0.0242. The van der Waals surface area contributed by atoms with Crippen molar-refractivity contribution in [1.29, 1.82) is 0 Å². The molecule has 1 N–H and O–H groups in total. The molecule has 1 aliphatic heterocycles. The third kappa shape index (κ3) is 4.35. The lowest BCUT2D eigenvalue weighted by Gasteiger charge is -2.36. The molecule has 5 heteroatoms. The van der Waals surface area contributed by atoms with E-state index in [1.807, 2.05) is 41.3 Å². The van der Waals surface area contributed by atoms with Gasteiger partial charge in [0.15, 0.2) is 5.78 Å². The van der Waals surface area contributed by atoms with Crippen molar-refractivity contribution in [2.24, 2.45) is 0 Å². The van der Waals surface area contributed by atoms with E-state index in [0.29, 0.717) is 18.7 Å². The maximum atomic E-state index is 12.7. The number of nitrogens with one attached hydrogen (secondary N) is 1. The molecule has 0 radical (unpaired) electrons. The highest BCUT2D eigenvalue weighted by Crippen LogP contribution is 2.22. The number of carbonyl (C=O) groups excluding carboxylic acids is 2. The number of rotatable bonds is 6. The first-order chi connectivity index (χ1) is 12.7. The molecule has 1 atom stereocenters. The Labute approximate surface area is 154 Å². The minimum Gasteiger partial charge on any atom is -0.333 e. The zero-order chi connectivity index (χ0) is 18.4. The molecule has 1 aromatic heterocycles. The molecule has 1 amide bonds. The van der Waals surface area contributed by atoms with Crippen molar-refractivity contribution in [2.45, 2.75) is 32.2 Å². The van der Waals surface area contributed by atoms with Crippen molar-refractivity contribution in [3.8, 4) is 0 Å². The summed E-state index contributed by atoms with van der Waals surface area (Å²) in [5.41, 5.74) is 2.91. The van der Waals surface area contributed by atoms with Crippen molar-refractivity contribution >= 4 is 11.7 Å². The summed E-state index contributed by atoms with van der Waals surface area (Å²) in [5, 5.41) is 3.33. The van der Waals surface area contributed by atoms with Gasteiger partial charge in [-0.15, -0.1) is 0 Å². The first-order valence-corrected chi connectivity index (χ1v) is 9.21. The average molecular weight is 351 g/mol. The van der Waals surface area contributed by atoms with E-state index in [4.69, 9.17) is 0 Å². The zero-order valence-corrected chi connectivity index (χ0v) is 15.1. The maximum Gasteiger partial charge on any atom is 0.223 e. The van der Waals surface area contributed by atoms with Crippen LogP contribution in [0.15, 0.2) is 48.8 Å². The number of aryl methyl sites for hydroxylation is 1. The Morgan fingerprint density at radius 1 is 1.19 bits per heavy atom. The number of Topliss-reactive ketones (excluding diaryl/α,β-unsaturated/α-hetero) is 1. The van der Waals surface area contributed by atoms with E-state index < -0.39 is 0 Å². The van der Waals surface area contributed by atoms with Crippen LogP contribution >= 0.6 is 0 Å². The van der Waals surface area contributed by atoms with E-state index >= 15 is 0 Å². The Bertz CT molecular complexity index is 744. The fraction of sp³-hybridized carbons (Fsp3) is 0.381. The van der Waals surface area contributed by atoms with Gasteiger partial charge in [-0.2, -0.15) is 0 Å².